The molecular weight excluding hydrogens is 260 g/mol. The quantitative estimate of drug-likeness (QED) is 0.743. The number of hydrogen-bond acceptors (Lipinski definition) is 2. The lowest BCUT2D eigenvalue weighted by Gasteiger charge is -2.20. The van der Waals surface area contributed by atoms with Crippen LogP contribution in [0.4, 0.5) is 0 Å². The SMILES string of the molecule is CC(C)(C)CC(=O)OC1c2ccccc2-c2ccccc21. The van der Waals surface area contributed by atoms with Crippen LogP contribution in [0.5, 0.6) is 0 Å². The summed E-state index contributed by atoms with van der Waals surface area (Å²) in [5.41, 5.74) is 4.44. The molecule has 2 aromatic rings. The van der Waals surface area contributed by atoms with Gasteiger partial charge in [0.2, 0.25) is 0 Å². The molecule has 2 aromatic carbocycles. The Morgan fingerprint density at radius 2 is 1.43 bits per heavy atom. The van der Waals surface area contributed by atoms with Crippen molar-refractivity contribution in [3.63, 3.8) is 0 Å². The van der Waals surface area contributed by atoms with Crippen molar-refractivity contribution < 1.29 is 9.53 Å². The van der Waals surface area contributed by atoms with Gasteiger partial charge >= 0.3 is 5.97 Å². The molecule has 3 rings (SSSR count). The van der Waals surface area contributed by atoms with E-state index < -0.39 is 0 Å². The Balaban J connectivity index is 1.94. The Hall–Kier alpha value is -2.09. The van der Waals surface area contributed by atoms with E-state index in [-0.39, 0.29) is 17.5 Å². The Morgan fingerprint density at radius 1 is 0.952 bits per heavy atom. The minimum atomic E-state index is -0.271. The lowest BCUT2D eigenvalue weighted by molar-refractivity contribution is -0.149. The summed E-state index contributed by atoms with van der Waals surface area (Å²) in [5.74, 6) is -0.140. The highest BCUT2D eigenvalue weighted by molar-refractivity contribution is 5.80. The fourth-order valence-corrected chi connectivity index (χ4v) is 2.84. The number of rotatable bonds is 2. The molecule has 2 heteroatoms. The molecule has 0 bridgehead atoms. The molecule has 2 nitrogen and oxygen atoms in total. The van der Waals surface area contributed by atoms with Crippen molar-refractivity contribution in [1.82, 2.24) is 0 Å². The molecule has 0 spiro atoms. The van der Waals surface area contributed by atoms with E-state index in [1.165, 1.54) is 11.1 Å². The maximum absolute atomic E-state index is 12.2. The van der Waals surface area contributed by atoms with Crippen LogP contribution in [0, 0.1) is 5.41 Å². The first-order valence-corrected chi connectivity index (χ1v) is 7.33. The smallest absolute Gasteiger partial charge is 0.307 e. The van der Waals surface area contributed by atoms with Crippen molar-refractivity contribution in [1.29, 1.82) is 0 Å². The van der Waals surface area contributed by atoms with Gasteiger partial charge in [-0.15, -0.1) is 0 Å². The maximum Gasteiger partial charge on any atom is 0.307 e. The van der Waals surface area contributed by atoms with E-state index in [1.54, 1.807) is 0 Å². The molecule has 0 radical (unpaired) electrons. The van der Waals surface area contributed by atoms with Crippen molar-refractivity contribution in [2.75, 3.05) is 0 Å². The van der Waals surface area contributed by atoms with Crippen LogP contribution in [0.2, 0.25) is 0 Å². The largest absolute Gasteiger partial charge is 0.452 e. The van der Waals surface area contributed by atoms with Crippen molar-refractivity contribution >= 4 is 5.97 Å². The molecule has 1 aliphatic carbocycles. The minimum absolute atomic E-state index is 0.0608. The monoisotopic (exact) mass is 280 g/mol. The van der Waals surface area contributed by atoms with Gasteiger partial charge < -0.3 is 4.74 Å². The number of fused-ring (bicyclic) bond motifs is 3. The molecule has 0 fully saturated rings. The highest BCUT2D eigenvalue weighted by Gasteiger charge is 2.31. The third kappa shape index (κ3) is 2.71. The van der Waals surface area contributed by atoms with Gasteiger partial charge in [0.05, 0.1) is 6.42 Å². The summed E-state index contributed by atoms with van der Waals surface area (Å²) in [6.07, 6.45) is 0.153. The standard InChI is InChI=1S/C19H20O2/c1-19(2,3)12-17(20)21-18-15-10-6-4-8-13(15)14-9-5-7-11-16(14)18/h4-11,18H,12H2,1-3H3. The van der Waals surface area contributed by atoms with Gasteiger partial charge in [0.15, 0.2) is 6.10 Å². The van der Waals surface area contributed by atoms with Crippen LogP contribution in [0.1, 0.15) is 44.4 Å². The summed E-state index contributed by atoms with van der Waals surface area (Å²) >= 11 is 0. The Morgan fingerprint density at radius 3 is 1.90 bits per heavy atom. The lowest BCUT2D eigenvalue weighted by Crippen LogP contribution is -2.17. The van der Waals surface area contributed by atoms with Crippen molar-refractivity contribution in [3.05, 3.63) is 59.7 Å². The van der Waals surface area contributed by atoms with E-state index in [4.69, 9.17) is 4.74 Å². The molecule has 1 aliphatic rings. The van der Waals surface area contributed by atoms with Gasteiger partial charge in [-0.2, -0.15) is 0 Å². The molecule has 0 saturated heterocycles. The Bertz CT molecular complexity index is 634. The second kappa shape index (κ2) is 5.03. The van der Waals surface area contributed by atoms with Crippen LogP contribution >= 0.6 is 0 Å². The number of hydrogen-bond donors (Lipinski definition) is 0. The predicted octanol–water partition coefficient (Wildman–Crippen LogP) is 4.74. The normalized spacial score (nSPS) is 13.7. The molecule has 0 heterocycles. The summed E-state index contributed by atoms with van der Waals surface area (Å²) in [7, 11) is 0. The van der Waals surface area contributed by atoms with Crippen LogP contribution < -0.4 is 0 Å². The number of esters is 1. The molecule has 0 atom stereocenters. The molecule has 0 amide bonds. The van der Waals surface area contributed by atoms with E-state index in [2.05, 4.69) is 12.1 Å². The molecule has 0 aliphatic heterocycles. The fourth-order valence-electron chi connectivity index (χ4n) is 2.84. The Kier molecular flexibility index (Phi) is 3.32. The fraction of sp³-hybridized carbons (Fsp3) is 0.316. The summed E-state index contributed by atoms with van der Waals surface area (Å²) in [5, 5.41) is 0. The molecule has 108 valence electrons. The van der Waals surface area contributed by atoms with E-state index in [0.717, 1.165) is 11.1 Å². The highest BCUT2D eigenvalue weighted by atomic mass is 16.5. The van der Waals surface area contributed by atoms with Gasteiger partial charge in [-0.3, -0.25) is 4.79 Å². The average Bonchev–Trinajstić information content (AvgIpc) is 2.72. The zero-order valence-electron chi connectivity index (χ0n) is 12.7. The van der Waals surface area contributed by atoms with Crippen LogP contribution in [-0.2, 0) is 9.53 Å². The molecule has 0 saturated carbocycles. The topological polar surface area (TPSA) is 26.3 Å². The lowest BCUT2D eigenvalue weighted by atomic mass is 9.92. The molecular formula is C19H20O2. The highest BCUT2D eigenvalue weighted by Crippen LogP contribution is 2.45. The van der Waals surface area contributed by atoms with Crippen molar-refractivity contribution in [2.45, 2.75) is 33.3 Å². The average molecular weight is 280 g/mol. The summed E-state index contributed by atoms with van der Waals surface area (Å²) in [6, 6.07) is 16.3. The Labute approximate surface area is 125 Å². The number of benzene rings is 2. The summed E-state index contributed by atoms with van der Waals surface area (Å²) in [6.45, 7) is 6.14. The first-order valence-electron chi connectivity index (χ1n) is 7.33. The second-order valence-electron chi connectivity index (χ2n) is 6.78. The number of carbonyl (C=O) groups is 1. The van der Waals surface area contributed by atoms with Crippen LogP contribution in [0.15, 0.2) is 48.5 Å². The van der Waals surface area contributed by atoms with E-state index in [9.17, 15) is 4.79 Å². The van der Waals surface area contributed by atoms with Gasteiger partial charge in [0.25, 0.3) is 0 Å². The van der Waals surface area contributed by atoms with Crippen molar-refractivity contribution in [2.24, 2.45) is 5.41 Å². The van der Waals surface area contributed by atoms with Gasteiger partial charge in [-0.1, -0.05) is 69.3 Å². The van der Waals surface area contributed by atoms with Crippen molar-refractivity contribution in [3.8, 4) is 11.1 Å². The van der Waals surface area contributed by atoms with Gasteiger partial charge in [-0.05, 0) is 16.5 Å². The summed E-state index contributed by atoms with van der Waals surface area (Å²) in [4.78, 5) is 12.2. The number of ether oxygens (including phenoxy) is 1. The first-order chi connectivity index (χ1) is 9.96. The predicted molar refractivity (Wildman–Crippen MR) is 83.9 cm³/mol. The van der Waals surface area contributed by atoms with Crippen LogP contribution in [-0.4, -0.2) is 5.97 Å². The van der Waals surface area contributed by atoms with Gasteiger partial charge in [0.1, 0.15) is 0 Å². The molecule has 0 unspecified atom stereocenters. The van der Waals surface area contributed by atoms with Crippen LogP contribution in [0.25, 0.3) is 11.1 Å². The molecule has 0 N–H and O–H groups in total. The van der Waals surface area contributed by atoms with Crippen LogP contribution in [0.3, 0.4) is 0 Å². The van der Waals surface area contributed by atoms with E-state index >= 15 is 0 Å². The molecule has 0 aromatic heterocycles. The molecule has 21 heavy (non-hydrogen) atoms. The first kappa shape index (κ1) is 13.9. The van der Waals surface area contributed by atoms with Gasteiger partial charge in [-0.25, -0.2) is 0 Å². The second-order valence-corrected chi connectivity index (χ2v) is 6.78. The third-order valence-corrected chi connectivity index (χ3v) is 3.70. The van der Waals surface area contributed by atoms with E-state index in [0.29, 0.717) is 6.42 Å². The zero-order chi connectivity index (χ0) is 15.0. The van der Waals surface area contributed by atoms with Gasteiger partial charge in [0, 0.05) is 11.1 Å². The van der Waals surface area contributed by atoms with E-state index in [1.807, 2.05) is 57.2 Å². The third-order valence-electron chi connectivity index (χ3n) is 3.70. The summed E-state index contributed by atoms with van der Waals surface area (Å²) < 4.78 is 5.80. The number of carbonyl (C=O) groups excluding carboxylic acids is 1. The zero-order valence-corrected chi connectivity index (χ0v) is 12.7. The minimum Gasteiger partial charge on any atom is -0.452 e. The maximum atomic E-state index is 12.2.